The maximum Gasteiger partial charge on any atom is 0.271 e. The molecule has 0 unspecified atom stereocenters. The van der Waals surface area contributed by atoms with E-state index in [0.717, 1.165) is 37.9 Å². The molecule has 0 aliphatic carbocycles. The third-order valence-corrected chi connectivity index (χ3v) is 6.95. The van der Waals surface area contributed by atoms with Gasteiger partial charge in [-0.15, -0.1) is 11.3 Å². The van der Waals surface area contributed by atoms with Crippen molar-refractivity contribution in [1.29, 1.82) is 0 Å². The fourth-order valence-corrected chi connectivity index (χ4v) is 5.28. The lowest BCUT2D eigenvalue weighted by Crippen LogP contribution is -2.28. The number of ether oxygens (including phenoxy) is 1. The second-order valence-corrected chi connectivity index (χ2v) is 9.57. The van der Waals surface area contributed by atoms with Crippen LogP contribution in [0, 0.1) is 6.92 Å². The number of aromatic nitrogens is 8. The van der Waals surface area contributed by atoms with Crippen molar-refractivity contribution in [3.63, 3.8) is 0 Å². The minimum Gasteiger partial charge on any atom is -0.492 e. The average molecular weight is 526 g/mol. The van der Waals surface area contributed by atoms with Crippen LogP contribution in [0.1, 0.15) is 16.2 Å². The zero-order valence-electron chi connectivity index (χ0n) is 20.6. The number of hydrogen-bond acceptors (Lipinski definition) is 8. The number of fused-ring (bicyclic) bond motifs is 1. The molecule has 6 rings (SSSR count). The molecular weight excluding hydrogens is 502 g/mol. The van der Waals surface area contributed by atoms with Gasteiger partial charge in [-0.1, -0.05) is 30.3 Å². The van der Waals surface area contributed by atoms with Gasteiger partial charge in [0.25, 0.3) is 5.91 Å². The molecule has 2 N–H and O–H groups in total. The predicted molar refractivity (Wildman–Crippen MR) is 143 cm³/mol. The maximum atomic E-state index is 12.2. The van der Waals surface area contributed by atoms with Gasteiger partial charge in [-0.25, -0.2) is 19.5 Å². The first kappa shape index (κ1) is 23.6. The molecule has 0 bridgehead atoms. The number of nitrogens with one attached hydrogen (secondary N) is 2. The van der Waals surface area contributed by atoms with Gasteiger partial charge in [0.05, 0.1) is 35.3 Å². The van der Waals surface area contributed by atoms with E-state index < -0.39 is 0 Å². The van der Waals surface area contributed by atoms with Crippen LogP contribution in [-0.4, -0.2) is 58.4 Å². The fraction of sp³-hybridized carbons (Fsp3) is 0.154. The van der Waals surface area contributed by atoms with E-state index in [1.54, 1.807) is 23.4 Å². The number of rotatable bonds is 8. The summed E-state index contributed by atoms with van der Waals surface area (Å²) in [6, 6.07) is 13.8. The van der Waals surface area contributed by atoms with Crippen LogP contribution in [0.15, 0.2) is 67.5 Å². The minimum atomic E-state index is -0.237. The summed E-state index contributed by atoms with van der Waals surface area (Å²) < 4.78 is 9.48. The first-order valence-corrected chi connectivity index (χ1v) is 12.7. The standard InChI is InChI=1S/C26H23N9O2S/c1-16-21(26-31-22(17-6-4-3-5-7-17)23(38-26)24-28-14-30-32-24)20-12-18(8-10-35(20)33-16)37-11-9-27-25(36)19-13-34(2)15-29-19/h3-8,10,12-15H,9,11H2,1-2H3,(H,27,36)(H,28,30,32). The first-order valence-electron chi connectivity index (χ1n) is 11.9. The van der Waals surface area contributed by atoms with Crippen LogP contribution in [-0.2, 0) is 7.05 Å². The Morgan fingerprint density at radius 2 is 2.05 bits per heavy atom. The zero-order chi connectivity index (χ0) is 26.1. The van der Waals surface area contributed by atoms with Crippen LogP contribution in [0.4, 0.5) is 0 Å². The molecule has 0 spiro atoms. The highest BCUT2D eigenvalue weighted by molar-refractivity contribution is 7.19. The third-order valence-electron chi connectivity index (χ3n) is 5.88. The Labute approximate surface area is 221 Å². The SMILES string of the molecule is Cc1nn2ccc(OCCNC(=O)c3cn(C)cn3)cc2c1-c1nc(-c2ccccc2)c(-c2nc[nH]n2)s1. The zero-order valence-corrected chi connectivity index (χ0v) is 21.4. The van der Waals surface area contributed by atoms with Gasteiger partial charge in [0, 0.05) is 31.1 Å². The molecular formula is C26H23N9O2S. The molecule has 5 heterocycles. The highest BCUT2D eigenvalue weighted by Crippen LogP contribution is 2.41. The van der Waals surface area contributed by atoms with Gasteiger partial charge in [-0.2, -0.15) is 10.2 Å². The second kappa shape index (κ2) is 9.90. The van der Waals surface area contributed by atoms with E-state index in [9.17, 15) is 4.79 Å². The van der Waals surface area contributed by atoms with Crippen LogP contribution in [0.2, 0.25) is 0 Å². The highest BCUT2D eigenvalue weighted by Gasteiger charge is 2.22. The molecule has 0 saturated heterocycles. The van der Waals surface area contributed by atoms with E-state index in [2.05, 4.69) is 30.6 Å². The monoisotopic (exact) mass is 525 g/mol. The Morgan fingerprint density at radius 1 is 1.18 bits per heavy atom. The van der Waals surface area contributed by atoms with Crippen molar-refractivity contribution in [3.05, 3.63) is 78.9 Å². The molecule has 0 saturated carbocycles. The van der Waals surface area contributed by atoms with Crippen molar-refractivity contribution in [3.8, 4) is 38.3 Å². The Kier molecular flexibility index (Phi) is 6.14. The molecule has 38 heavy (non-hydrogen) atoms. The number of hydrogen-bond donors (Lipinski definition) is 2. The first-order chi connectivity index (χ1) is 18.6. The van der Waals surface area contributed by atoms with Crippen LogP contribution < -0.4 is 10.1 Å². The summed E-state index contributed by atoms with van der Waals surface area (Å²) in [5.41, 5.74) is 4.81. The Bertz CT molecular complexity index is 1720. The number of benzene rings is 1. The van der Waals surface area contributed by atoms with Crippen molar-refractivity contribution in [2.75, 3.05) is 13.2 Å². The van der Waals surface area contributed by atoms with Crippen molar-refractivity contribution >= 4 is 22.8 Å². The Balaban J connectivity index is 1.27. The molecule has 0 aliphatic rings. The van der Waals surface area contributed by atoms with Crippen LogP contribution in [0.5, 0.6) is 5.75 Å². The molecule has 0 atom stereocenters. The Hall–Kier alpha value is -4.84. The van der Waals surface area contributed by atoms with Crippen molar-refractivity contribution in [2.45, 2.75) is 6.92 Å². The summed E-state index contributed by atoms with van der Waals surface area (Å²) in [6.07, 6.45) is 6.68. The van der Waals surface area contributed by atoms with Gasteiger partial charge in [-0.3, -0.25) is 9.89 Å². The molecule has 0 fully saturated rings. The van der Waals surface area contributed by atoms with Gasteiger partial charge in [0.15, 0.2) is 5.82 Å². The normalized spacial score (nSPS) is 11.2. The number of H-pyrrole nitrogens is 1. The van der Waals surface area contributed by atoms with Crippen LogP contribution in [0.3, 0.4) is 0 Å². The molecule has 0 aliphatic heterocycles. The Morgan fingerprint density at radius 3 is 2.82 bits per heavy atom. The predicted octanol–water partition coefficient (Wildman–Crippen LogP) is 3.76. The van der Waals surface area contributed by atoms with Crippen molar-refractivity contribution in [1.82, 2.24) is 44.6 Å². The number of thiazole rings is 1. The minimum absolute atomic E-state index is 0.237. The lowest BCUT2D eigenvalue weighted by atomic mass is 10.1. The number of aromatic amines is 1. The lowest BCUT2D eigenvalue weighted by Gasteiger charge is -2.07. The molecule has 190 valence electrons. The number of imidazole rings is 1. The summed E-state index contributed by atoms with van der Waals surface area (Å²) in [5.74, 6) is 1.02. The van der Waals surface area contributed by atoms with E-state index in [-0.39, 0.29) is 5.91 Å². The summed E-state index contributed by atoms with van der Waals surface area (Å²) in [5, 5.41) is 15.4. The highest BCUT2D eigenvalue weighted by atomic mass is 32.1. The number of carbonyl (C=O) groups is 1. The molecule has 1 aromatic carbocycles. The van der Waals surface area contributed by atoms with E-state index >= 15 is 0 Å². The van der Waals surface area contributed by atoms with E-state index in [1.807, 2.05) is 67.1 Å². The van der Waals surface area contributed by atoms with E-state index in [1.165, 1.54) is 11.3 Å². The number of pyridine rings is 1. The molecule has 5 aromatic heterocycles. The number of aryl methyl sites for hydroxylation is 2. The molecule has 1 amide bonds. The van der Waals surface area contributed by atoms with Crippen molar-refractivity contribution in [2.24, 2.45) is 7.05 Å². The number of amides is 1. The quantitative estimate of drug-likeness (QED) is 0.290. The molecule has 11 nitrogen and oxygen atoms in total. The van der Waals surface area contributed by atoms with Crippen molar-refractivity contribution < 1.29 is 9.53 Å². The third kappa shape index (κ3) is 4.52. The van der Waals surface area contributed by atoms with Gasteiger partial charge in [0.1, 0.15) is 34.3 Å². The van der Waals surface area contributed by atoms with Gasteiger partial charge in [0.2, 0.25) is 0 Å². The van der Waals surface area contributed by atoms with E-state index in [4.69, 9.17) is 9.72 Å². The van der Waals surface area contributed by atoms with E-state index in [0.29, 0.717) is 30.4 Å². The number of nitrogens with zero attached hydrogens (tertiary/aromatic N) is 7. The second-order valence-electron chi connectivity index (χ2n) is 8.57. The molecule has 0 radical (unpaired) electrons. The molecule has 6 aromatic rings. The number of carbonyl (C=O) groups excluding carboxylic acids is 1. The maximum absolute atomic E-state index is 12.2. The van der Waals surface area contributed by atoms with Crippen LogP contribution in [0.25, 0.3) is 38.0 Å². The largest absolute Gasteiger partial charge is 0.492 e. The fourth-order valence-electron chi connectivity index (χ4n) is 4.14. The topological polar surface area (TPSA) is 128 Å². The lowest BCUT2D eigenvalue weighted by molar-refractivity contribution is 0.0942. The smallest absolute Gasteiger partial charge is 0.271 e. The summed E-state index contributed by atoms with van der Waals surface area (Å²) >= 11 is 1.52. The van der Waals surface area contributed by atoms with Gasteiger partial charge in [-0.05, 0) is 13.0 Å². The molecule has 12 heteroatoms. The van der Waals surface area contributed by atoms with Crippen LogP contribution >= 0.6 is 11.3 Å². The summed E-state index contributed by atoms with van der Waals surface area (Å²) in [6.45, 7) is 2.62. The van der Waals surface area contributed by atoms with Gasteiger partial charge >= 0.3 is 0 Å². The summed E-state index contributed by atoms with van der Waals surface area (Å²) in [7, 11) is 1.82. The average Bonchev–Trinajstić information content (AvgIpc) is 3.72. The van der Waals surface area contributed by atoms with Gasteiger partial charge < -0.3 is 14.6 Å². The summed E-state index contributed by atoms with van der Waals surface area (Å²) in [4.78, 5) is 26.5.